The smallest absolute Gasteiger partial charge is 0.283 e. The van der Waals surface area contributed by atoms with Crippen LogP contribution in [0.15, 0.2) is 35.6 Å². The third-order valence-corrected chi connectivity index (χ3v) is 6.43. The van der Waals surface area contributed by atoms with Gasteiger partial charge in [0.2, 0.25) is 5.88 Å². The molecule has 8 nitrogen and oxygen atoms in total. The van der Waals surface area contributed by atoms with Crippen LogP contribution in [0, 0.1) is 17.7 Å². The largest absolute Gasteiger partial charge is 0.476 e. The van der Waals surface area contributed by atoms with Gasteiger partial charge in [-0.15, -0.1) is 0 Å². The minimum absolute atomic E-state index is 0.0848. The number of rotatable bonds is 8. The minimum Gasteiger partial charge on any atom is -0.476 e. The number of nitrogens with two attached hydrogens (primary N) is 1. The highest BCUT2D eigenvalue weighted by Crippen LogP contribution is 2.56. The third-order valence-electron chi connectivity index (χ3n) is 6.43. The normalized spacial score (nSPS) is 27.6. The molecule has 4 atom stereocenters. The van der Waals surface area contributed by atoms with Crippen molar-refractivity contribution in [3.05, 3.63) is 53.2 Å². The first-order valence-corrected chi connectivity index (χ1v) is 11.0. The van der Waals surface area contributed by atoms with Gasteiger partial charge < -0.3 is 19.9 Å². The fourth-order valence-corrected chi connectivity index (χ4v) is 4.52. The van der Waals surface area contributed by atoms with Crippen LogP contribution in [0.3, 0.4) is 0 Å². The van der Waals surface area contributed by atoms with E-state index in [-0.39, 0.29) is 17.7 Å². The lowest BCUT2D eigenvalue weighted by molar-refractivity contribution is 0.0176. The van der Waals surface area contributed by atoms with Gasteiger partial charge in [0, 0.05) is 30.4 Å². The first-order chi connectivity index (χ1) is 16.4. The second kappa shape index (κ2) is 8.86. The van der Waals surface area contributed by atoms with Crippen molar-refractivity contribution < 1.29 is 32.2 Å². The van der Waals surface area contributed by atoms with Crippen molar-refractivity contribution >= 4 is 11.8 Å². The van der Waals surface area contributed by atoms with Gasteiger partial charge >= 0.3 is 0 Å². The zero-order valence-corrected chi connectivity index (χ0v) is 18.1. The SMILES string of the molecule is NC1=N[C@@](c2cc(CC(=O)c3cnc(OCC4CCOC4)cn3)ccc2F)(C(F)F)[C@H]2C[C@H]2O1. The Labute approximate surface area is 193 Å². The van der Waals surface area contributed by atoms with Crippen LogP contribution in [0.2, 0.25) is 0 Å². The molecule has 2 aliphatic heterocycles. The van der Waals surface area contributed by atoms with Gasteiger partial charge in [0.25, 0.3) is 12.4 Å². The lowest BCUT2D eigenvalue weighted by Gasteiger charge is -2.33. The average Bonchev–Trinajstić information content (AvgIpc) is 3.41. The quantitative estimate of drug-likeness (QED) is 0.584. The molecular weight excluding hydrogens is 453 g/mol. The maximum Gasteiger partial charge on any atom is 0.283 e. The summed E-state index contributed by atoms with van der Waals surface area (Å²) in [7, 11) is 0. The van der Waals surface area contributed by atoms with E-state index in [0.717, 1.165) is 12.5 Å². The highest BCUT2D eigenvalue weighted by molar-refractivity contribution is 5.95. The third kappa shape index (κ3) is 4.20. The van der Waals surface area contributed by atoms with E-state index < -0.39 is 41.6 Å². The molecule has 5 rings (SSSR count). The van der Waals surface area contributed by atoms with Crippen LogP contribution in [-0.4, -0.2) is 54.1 Å². The first-order valence-electron chi connectivity index (χ1n) is 11.0. The fraction of sp³-hybridized carbons (Fsp3) is 0.478. The lowest BCUT2D eigenvalue weighted by Crippen LogP contribution is -2.43. The van der Waals surface area contributed by atoms with Gasteiger partial charge in [-0.3, -0.25) is 4.79 Å². The number of amidine groups is 1. The highest BCUT2D eigenvalue weighted by atomic mass is 19.3. The Bertz CT molecular complexity index is 1110. The molecule has 2 fully saturated rings. The number of hydrogen-bond acceptors (Lipinski definition) is 8. The Balaban J connectivity index is 1.32. The van der Waals surface area contributed by atoms with Crippen molar-refractivity contribution in [2.45, 2.75) is 37.3 Å². The molecule has 1 aromatic carbocycles. The number of nitrogens with zero attached hydrogens (tertiary/aromatic N) is 3. The lowest BCUT2D eigenvalue weighted by atomic mass is 9.83. The van der Waals surface area contributed by atoms with E-state index in [1.165, 1.54) is 24.5 Å². The standard InChI is InChI=1S/C23H23F3N4O4/c24-16-2-1-12(5-14(16)23(21(25)26)15-7-19(15)34-22(27)30-23)6-18(31)17-8-29-20(9-28-17)33-11-13-3-4-32-10-13/h1-2,5,8-9,13,15,19,21H,3-4,6-7,10-11H2,(H2,27,30)/t13?,15-,19+,23+/m0/s1. The van der Waals surface area contributed by atoms with Crippen molar-refractivity contribution in [2.24, 2.45) is 22.6 Å². The van der Waals surface area contributed by atoms with Crippen molar-refractivity contribution in [1.82, 2.24) is 9.97 Å². The van der Waals surface area contributed by atoms with Crippen LogP contribution in [0.5, 0.6) is 5.88 Å². The summed E-state index contributed by atoms with van der Waals surface area (Å²) >= 11 is 0. The van der Waals surface area contributed by atoms with Crippen LogP contribution < -0.4 is 10.5 Å². The minimum atomic E-state index is -3.00. The van der Waals surface area contributed by atoms with Crippen molar-refractivity contribution in [1.29, 1.82) is 0 Å². The van der Waals surface area contributed by atoms with Gasteiger partial charge in [0.15, 0.2) is 11.3 Å². The van der Waals surface area contributed by atoms with E-state index in [1.807, 2.05) is 0 Å². The van der Waals surface area contributed by atoms with Crippen molar-refractivity contribution in [3.8, 4) is 5.88 Å². The zero-order chi connectivity index (χ0) is 23.9. The molecule has 0 radical (unpaired) electrons. The molecule has 1 aliphatic carbocycles. The number of fused-ring (bicyclic) bond motifs is 1. The number of hydrogen-bond donors (Lipinski definition) is 1. The number of ether oxygens (including phenoxy) is 3. The molecule has 3 heterocycles. The number of halogens is 3. The van der Waals surface area contributed by atoms with E-state index in [4.69, 9.17) is 19.9 Å². The zero-order valence-electron chi connectivity index (χ0n) is 18.1. The highest BCUT2D eigenvalue weighted by Gasteiger charge is 2.64. The molecule has 0 amide bonds. The first kappa shape index (κ1) is 22.6. The number of alkyl halides is 2. The number of aromatic nitrogens is 2. The summed E-state index contributed by atoms with van der Waals surface area (Å²) in [6, 6.07) is 3.31. The molecule has 2 N–H and O–H groups in total. The number of ketones is 1. The summed E-state index contributed by atoms with van der Waals surface area (Å²) in [5.74, 6) is -1.33. The topological polar surface area (TPSA) is 109 Å². The Morgan fingerprint density at radius 2 is 2.15 bits per heavy atom. The van der Waals surface area contributed by atoms with E-state index in [0.29, 0.717) is 43.6 Å². The Hall–Kier alpha value is -3.21. The van der Waals surface area contributed by atoms with Crippen molar-refractivity contribution in [3.63, 3.8) is 0 Å². The molecule has 34 heavy (non-hydrogen) atoms. The summed E-state index contributed by atoms with van der Waals surface area (Å²) in [4.78, 5) is 24.8. The van der Waals surface area contributed by atoms with Gasteiger partial charge in [-0.25, -0.2) is 28.1 Å². The van der Waals surface area contributed by atoms with E-state index in [2.05, 4.69) is 15.0 Å². The maximum atomic E-state index is 14.8. The van der Waals surface area contributed by atoms with E-state index in [9.17, 15) is 18.0 Å². The second-order valence-electron chi connectivity index (χ2n) is 8.77. The predicted molar refractivity (Wildman–Crippen MR) is 113 cm³/mol. The van der Waals surface area contributed by atoms with E-state index in [1.54, 1.807) is 0 Å². The summed E-state index contributed by atoms with van der Waals surface area (Å²) in [5.41, 5.74) is 3.60. The molecule has 11 heteroatoms. The molecular formula is C23H23F3N4O4. The van der Waals surface area contributed by atoms with Gasteiger partial charge in [0.05, 0.1) is 25.6 Å². The molecule has 1 saturated heterocycles. The van der Waals surface area contributed by atoms with Crippen molar-refractivity contribution in [2.75, 3.05) is 19.8 Å². The summed E-state index contributed by atoms with van der Waals surface area (Å²) in [6.07, 6.45) is 0.180. The van der Waals surface area contributed by atoms with Gasteiger partial charge in [-0.05, 0) is 30.5 Å². The monoisotopic (exact) mass is 476 g/mol. The Kier molecular flexibility index (Phi) is 5.88. The summed E-state index contributed by atoms with van der Waals surface area (Å²) in [5, 5.41) is 0. The average molecular weight is 476 g/mol. The number of aliphatic imine (C=N–C) groups is 1. The molecule has 180 valence electrons. The van der Waals surface area contributed by atoms with Crippen LogP contribution in [0.1, 0.15) is 34.5 Å². The number of Topliss-reactive ketones (excluding diaryl/α,β-unsaturated/α-hetero) is 1. The molecule has 1 aromatic heterocycles. The Morgan fingerprint density at radius 1 is 1.29 bits per heavy atom. The van der Waals surface area contributed by atoms with Crippen LogP contribution in [-0.2, 0) is 21.4 Å². The molecule has 1 saturated carbocycles. The Morgan fingerprint density at radius 3 is 2.85 bits per heavy atom. The molecule has 2 aromatic rings. The maximum absolute atomic E-state index is 14.8. The second-order valence-corrected chi connectivity index (χ2v) is 8.77. The summed E-state index contributed by atoms with van der Waals surface area (Å²) in [6.45, 7) is 1.81. The molecule has 3 aliphatic rings. The molecule has 1 unspecified atom stereocenters. The number of carbonyl (C=O) groups is 1. The fourth-order valence-electron chi connectivity index (χ4n) is 4.52. The predicted octanol–water partition coefficient (Wildman–Crippen LogP) is 2.65. The van der Waals surface area contributed by atoms with Crippen LogP contribution in [0.4, 0.5) is 13.2 Å². The van der Waals surface area contributed by atoms with Crippen LogP contribution >= 0.6 is 0 Å². The molecule has 0 bridgehead atoms. The number of carbonyl (C=O) groups excluding carboxylic acids is 1. The van der Waals surface area contributed by atoms with Gasteiger partial charge in [0.1, 0.15) is 17.6 Å². The number of benzene rings is 1. The molecule has 0 spiro atoms. The van der Waals surface area contributed by atoms with Gasteiger partial charge in [-0.2, -0.15) is 0 Å². The van der Waals surface area contributed by atoms with Crippen LogP contribution in [0.25, 0.3) is 0 Å². The van der Waals surface area contributed by atoms with Gasteiger partial charge in [-0.1, -0.05) is 6.07 Å². The summed E-state index contributed by atoms with van der Waals surface area (Å²) < 4.78 is 59.4. The van der Waals surface area contributed by atoms with E-state index >= 15 is 0 Å².